The highest BCUT2D eigenvalue weighted by molar-refractivity contribution is 5.27. The molecule has 1 fully saturated rings. The van der Waals surface area contributed by atoms with E-state index >= 15 is 0 Å². The van der Waals surface area contributed by atoms with Crippen molar-refractivity contribution in [3.05, 3.63) is 36.7 Å². The molecule has 0 bridgehead atoms. The summed E-state index contributed by atoms with van der Waals surface area (Å²) in [7, 11) is 0. The van der Waals surface area contributed by atoms with Gasteiger partial charge in [-0.25, -0.2) is 0 Å². The van der Waals surface area contributed by atoms with Gasteiger partial charge in [0.15, 0.2) is 0 Å². The third kappa shape index (κ3) is 2.01. The first kappa shape index (κ1) is 10.1. The summed E-state index contributed by atoms with van der Waals surface area (Å²) >= 11 is 0. The minimum Gasteiger partial charge on any atom is -0.343 e. The van der Waals surface area contributed by atoms with Crippen LogP contribution in [0.3, 0.4) is 0 Å². The molecule has 0 saturated carbocycles. The maximum Gasteiger partial charge on any atom is 0.0585 e. The third-order valence-electron chi connectivity index (χ3n) is 2.34. The molecule has 0 spiro atoms. The maximum atomic E-state index is 3.96. The fraction of sp³-hybridized carbons (Fsp3) is 0.455. The van der Waals surface area contributed by atoms with Crippen LogP contribution in [0.1, 0.15) is 13.8 Å². The van der Waals surface area contributed by atoms with Crippen molar-refractivity contribution in [3.63, 3.8) is 0 Å². The topological polar surface area (TPSA) is 15.3 Å². The molecule has 0 radical (unpaired) electrons. The lowest BCUT2D eigenvalue weighted by molar-refractivity contribution is 0.251. The van der Waals surface area contributed by atoms with Gasteiger partial charge in [-0.2, -0.15) is 0 Å². The number of hydrogen-bond donors (Lipinski definition) is 1. The minimum absolute atomic E-state index is 0.556. The first-order valence-corrected chi connectivity index (χ1v) is 4.64. The molecule has 1 aliphatic rings. The van der Waals surface area contributed by atoms with Gasteiger partial charge < -0.3 is 10.2 Å². The van der Waals surface area contributed by atoms with Gasteiger partial charge in [0.2, 0.25) is 0 Å². The van der Waals surface area contributed by atoms with Crippen LogP contribution >= 0.6 is 0 Å². The molecule has 1 heterocycles. The molecule has 1 aliphatic heterocycles. The van der Waals surface area contributed by atoms with E-state index in [1.54, 1.807) is 0 Å². The van der Waals surface area contributed by atoms with Crippen LogP contribution in [0.15, 0.2) is 36.7 Å². The summed E-state index contributed by atoms with van der Waals surface area (Å²) < 4.78 is 0. The molecular weight excluding hydrogens is 160 g/mol. The average molecular weight is 178 g/mol. The van der Waals surface area contributed by atoms with E-state index in [1.165, 1.54) is 5.70 Å². The Morgan fingerprint density at radius 2 is 2.15 bits per heavy atom. The highest BCUT2D eigenvalue weighted by Gasteiger charge is 2.23. The van der Waals surface area contributed by atoms with Crippen molar-refractivity contribution in [3.8, 4) is 0 Å². The molecule has 1 saturated heterocycles. The summed E-state index contributed by atoms with van der Waals surface area (Å²) in [5, 5.41) is 3.25. The average Bonchev–Trinajstić information content (AvgIpc) is 1.99. The van der Waals surface area contributed by atoms with Crippen LogP contribution in [0.2, 0.25) is 0 Å². The molecule has 0 aromatic carbocycles. The van der Waals surface area contributed by atoms with E-state index in [2.05, 4.69) is 29.5 Å². The van der Waals surface area contributed by atoms with Gasteiger partial charge in [-0.05, 0) is 25.6 Å². The monoisotopic (exact) mass is 178 g/mol. The van der Waals surface area contributed by atoms with Crippen LogP contribution in [-0.4, -0.2) is 24.0 Å². The zero-order chi connectivity index (χ0) is 9.84. The Morgan fingerprint density at radius 3 is 2.38 bits per heavy atom. The summed E-state index contributed by atoms with van der Waals surface area (Å²) in [5.41, 5.74) is 2.27. The number of allylic oxidation sites excluding steroid dienone is 2. The number of hydrogen-bond acceptors (Lipinski definition) is 2. The van der Waals surface area contributed by atoms with Gasteiger partial charge in [-0.15, -0.1) is 0 Å². The number of nitrogens with zero attached hydrogens (tertiary/aromatic N) is 1. The normalized spacial score (nSPS) is 17.8. The first-order chi connectivity index (χ1) is 6.20. The molecule has 2 heteroatoms. The Balaban J connectivity index is 2.73. The number of rotatable bonds is 4. The van der Waals surface area contributed by atoms with Gasteiger partial charge in [-0.1, -0.05) is 19.2 Å². The van der Waals surface area contributed by atoms with Gasteiger partial charge >= 0.3 is 0 Å². The summed E-state index contributed by atoms with van der Waals surface area (Å²) in [5.74, 6) is 0. The predicted octanol–water partition coefficient (Wildman–Crippen LogP) is 1.88. The van der Waals surface area contributed by atoms with Crippen molar-refractivity contribution in [1.29, 1.82) is 0 Å². The lowest BCUT2D eigenvalue weighted by Crippen LogP contribution is -2.55. The van der Waals surface area contributed by atoms with E-state index in [9.17, 15) is 0 Å². The Bertz CT molecular complexity index is 236. The van der Waals surface area contributed by atoms with Crippen molar-refractivity contribution >= 4 is 0 Å². The van der Waals surface area contributed by atoms with Crippen molar-refractivity contribution in [2.24, 2.45) is 0 Å². The Hall–Kier alpha value is -1.02. The third-order valence-corrected chi connectivity index (χ3v) is 2.34. The highest BCUT2D eigenvalue weighted by Crippen LogP contribution is 2.18. The smallest absolute Gasteiger partial charge is 0.0585 e. The molecular formula is C11H18N2. The quantitative estimate of drug-likeness (QED) is 0.661. The second-order valence-corrected chi connectivity index (χ2v) is 3.36. The van der Waals surface area contributed by atoms with Gasteiger partial charge in [0.25, 0.3) is 0 Å². The fourth-order valence-electron chi connectivity index (χ4n) is 1.53. The zero-order valence-corrected chi connectivity index (χ0v) is 8.51. The van der Waals surface area contributed by atoms with Crippen LogP contribution in [0.25, 0.3) is 0 Å². The van der Waals surface area contributed by atoms with Crippen LogP contribution in [-0.2, 0) is 0 Å². The second-order valence-electron chi connectivity index (χ2n) is 3.36. The molecule has 2 nitrogen and oxygen atoms in total. The maximum absolute atomic E-state index is 3.96. The zero-order valence-electron chi connectivity index (χ0n) is 8.51. The summed E-state index contributed by atoms with van der Waals surface area (Å²) in [6.07, 6.45) is 3.97. The lowest BCUT2D eigenvalue weighted by atomic mass is 10.1. The van der Waals surface area contributed by atoms with Crippen LogP contribution in [0.4, 0.5) is 0 Å². The molecule has 0 amide bonds. The highest BCUT2D eigenvalue weighted by atomic mass is 15.2. The SMILES string of the molecule is C=CN(/C(=C/C)C(=C)C)C1CNC1. The standard InChI is InChI=1S/C11H18N2/c1-5-11(9(3)4)13(6-2)10-7-12-8-10/h5-6,10,12H,2-3,7-8H2,1,4H3/b11-5+. The molecule has 1 rings (SSSR count). The van der Waals surface area contributed by atoms with Gasteiger partial charge in [-0.3, -0.25) is 0 Å². The van der Waals surface area contributed by atoms with Crippen molar-refractivity contribution in [2.45, 2.75) is 19.9 Å². The molecule has 0 aliphatic carbocycles. The van der Waals surface area contributed by atoms with E-state index < -0.39 is 0 Å². The second kappa shape index (κ2) is 4.28. The molecule has 0 atom stereocenters. The van der Waals surface area contributed by atoms with Gasteiger partial charge in [0, 0.05) is 18.8 Å². The summed E-state index contributed by atoms with van der Waals surface area (Å²) in [6.45, 7) is 13.9. The molecule has 72 valence electrons. The first-order valence-electron chi connectivity index (χ1n) is 4.64. The van der Waals surface area contributed by atoms with E-state index in [0.717, 1.165) is 18.7 Å². The van der Waals surface area contributed by atoms with Crippen LogP contribution in [0, 0.1) is 0 Å². The largest absolute Gasteiger partial charge is 0.343 e. The van der Waals surface area contributed by atoms with Crippen molar-refractivity contribution < 1.29 is 0 Å². The van der Waals surface area contributed by atoms with Gasteiger partial charge in [0.05, 0.1) is 6.04 Å². The van der Waals surface area contributed by atoms with Crippen LogP contribution < -0.4 is 5.32 Å². The fourth-order valence-corrected chi connectivity index (χ4v) is 1.53. The number of nitrogens with one attached hydrogen (secondary N) is 1. The molecule has 0 unspecified atom stereocenters. The van der Waals surface area contributed by atoms with Crippen LogP contribution in [0.5, 0.6) is 0 Å². The Kier molecular flexibility index (Phi) is 3.32. The van der Waals surface area contributed by atoms with E-state index in [1.807, 2.05) is 20.0 Å². The van der Waals surface area contributed by atoms with E-state index in [4.69, 9.17) is 0 Å². The van der Waals surface area contributed by atoms with E-state index in [-0.39, 0.29) is 0 Å². The minimum atomic E-state index is 0.556. The Labute approximate surface area is 80.6 Å². The molecule has 13 heavy (non-hydrogen) atoms. The van der Waals surface area contributed by atoms with E-state index in [0.29, 0.717) is 6.04 Å². The Morgan fingerprint density at radius 1 is 1.54 bits per heavy atom. The predicted molar refractivity (Wildman–Crippen MR) is 57.3 cm³/mol. The van der Waals surface area contributed by atoms with Gasteiger partial charge in [0.1, 0.15) is 0 Å². The summed E-state index contributed by atoms with van der Waals surface area (Å²) in [6, 6.07) is 0.556. The van der Waals surface area contributed by atoms with Crippen molar-refractivity contribution in [2.75, 3.05) is 13.1 Å². The molecule has 0 aromatic heterocycles. The molecule has 0 aromatic rings. The molecule has 1 N–H and O–H groups in total. The lowest BCUT2D eigenvalue weighted by Gasteiger charge is -2.39. The summed E-state index contributed by atoms with van der Waals surface area (Å²) in [4.78, 5) is 2.19. The van der Waals surface area contributed by atoms with Crippen molar-refractivity contribution in [1.82, 2.24) is 10.2 Å².